The first-order valence-electron chi connectivity index (χ1n) is 4.40. The van der Waals surface area contributed by atoms with E-state index < -0.39 is 0 Å². The Bertz CT molecular complexity index is 443. The van der Waals surface area contributed by atoms with Crippen LogP contribution in [0.1, 0.15) is 11.3 Å². The molecule has 0 atom stereocenters. The van der Waals surface area contributed by atoms with E-state index in [1.54, 1.807) is 18.5 Å². The normalized spacial score (nSPS) is 10.1. The van der Waals surface area contributed by atoms with Crippen molar-refractivity contribution in [3.8, 4) is 5.69 Å². The number of hydrogen-bond donors (Lipinski definition) is 0. The fraction of sp³-hybridized carbons (Fsp3) is 0.0909. The van der Waals surface area contributed by atoms with Gasteiger partial charge in [-0.05, 0) is 30.7 Å². The van der Waals surface area contributed by atoms with E-state index in [9.17, 15) is 0 Å². The average molecular weight is 185 g/mol. The summed E-state index contributed by atoms with van der Waals surface area (Å²) in [6.45, 7) is 5.78. The van der Waals surface area contributed by atoms with Crippen LogP contribution in [0.25, 0.3) is 11.8 Å². The zero-order valence-corrected chi connectivity index (χ0v) is 8.01. The van der Waals surface area contributed by atoms with Crippen LogP contribution in [-0.4, -0.2) is 14.8 Å². The monoisotopic (exact) mass is 185 g/mol. The largest absolute Gasteiger partial charge is 0.262 e. The summed E-state index contributed by atoms with van der Waals surface area (Å²) in [6, 6.07) is 3.85. The summed E-state index contributed by atoms with van der Waals surface area (Å²) in [5, 5.41) is 4.26. The predicted octanol–water partition coefficient (Wildman–Crippen LogP) is 2.22. The van der Waals surface area contributed by atoms with Gasteiger partial charge in [0.25, 0.3) is 0 Å². The smallest absolute Gasteiger partial charge is 0.0835 e. The molecule has 3 nitrogen and oxygen atoms in total. The van der Waals surface area contributed by atoms with Crippen LogP contribution in [0.3, 0.4) is 0 Å². The average Bonchev–Trinajstić information content (AvgIpc) is 2.61. The Morgan fingerprint density at radius 2 is 2.29 bits per heavy atom. The van der Waals surface area contributed by atoms with Crippen LogP contribution in [-0.2, 0) is 0 Å². The molecule has 0 bridgehead atoms. The van der Waals surface area contributed by atoms with Gasteiger partial charge in [-0.25, -0.2) is 4.68 Å². The third-order valence-electron chi connectivity index (χ3n) is 2.08. The Hall–Kier alpha value is -1.90. The molecule has 0 unspecified atom stereocenters. The quantitative estimate of drug-likeness (QED) is 0.718. The van der Waals surface area contributed by atoms with Crippen molar-refractivity contribution in [3.63, 3.8) is 0 Å². The second-order valence-corrected chi connectivity index (χ2v) is 3.04. The van der Waals surface area contributed by atoms with Crippen LogP contribution < -0.4 is 0 Å². The molecule has 0 fully saturated rings. The second kappa shape index (κ2) is 3.46. The first-order chi connectivity index (χ1) is 6.83. The number of aryl methyl sites for hydroxylation is 1. The van der Waals surface area contributed by atoms with Crippen molar-refractivity contribution >= 4 is 6.08 Å². The first kappa shape index (κ1) is 8.69. The SMILES string of the molecule is C=Cc1c(C)cnn1-c1cccnc1. The van der Waals surface area contributed by atoms with Gasteiger partial charge in [0.15, 0.2) is 0 Å². The van der Waals surface area contributed by atoms with Gasteiger partial charge in [-0.3, -0.25) is 4.98 Å². The van der Waals surface area contributed by atoms with Crippen molar-refractivity contribution in [2.75, 3.05) is 0 Å². The van der Waals surface area contributed by atoms with E-state index >= 15 is 0 Å². The predicted molar refractivity (Wildman–Crippen MR) is 56.2 cm³/mol. The van der Waals surface area contributed by atoms with Crippen LogP contribution in [0, 0.1) is 6.92 Å². The maximum Gasteiger partial charge on any atom is 0.0835 e. The van der Waals surface area contributed by atoms with Gasteiger partial charge < -0.3 is 0 Å². The molecule has 0 amide bonds. The summed E-state index contributed by atoms with van der Waals surface area (Å²) >= 11 is 0. The molecular formula is C11H11N3. The Morgan fingerprint density at radius 3 is 2.93 bits per heavy atom. The van der Waals surface area contributed by atoms with Crippen LogP contribution in [0.15, 0.2) is 37.3 Å². The lowest BCUT2D eigenvalue weighted by atomic mass is 10.2. The van der Waals surface area contributed by atoms with Crippen molar-refractivity contribution in [1.29, 1.82) is 0 Å². The molecule has 2 aromatic heterocycles. The lowest BCUT2D eigenvalue weighted by Crippen LogP contribution is -1.98. The van der Waals surface area contributed by atoms with Gasteiger partial charge >= 0.3 is 0 Å². The van der Waals surface area contributed by atoms with E-state index in [1.165, 1.54) is 0 Å². The fourth-order valence-electron chi connectivity index (χ4n) is 1.37. The highest BCUT2D eigenvalue weighted by molar-refractivity contribution is 5.50. The topological polar surface area (TPSA) is 30.7 Å². The fourth-order valence-corrected chi connectivity index (χ4v) is 1.37. The summed E-state index contributed by atoms with van der Waals surface area (Å²) in [6.07, 6.45) is 7.15. The van der Waals surface area contributed by atoms with E-state index in [2.05, 4.69) is 16.7 Å². The molecule has 0 aromatic carbocycles. The molecule has 0 aliphatic carbocycles. The Balaban J connectivity index is 2.57. The Kier molecular flexibility index (Phi) is 2.14. The number of pyridine rings is 1. The molecule has 70 valence electrons. The number of aromatic nitrogens is 3. The molecular weight excluding hydrogens is 174 g/mol. The maximum atomic E-state index is 4.26. The summed E-state index contributed by atoms with van der Waals surface area (Å²) in [5.74, 6) is 0. The molecule has 2 rings (SSSR count). The van der Waals surface area contributed by atoms with Gasteiger partial charge in [-0.2, -0.15) is 5.10 Å². The molecule has 0 aliphatic rings. The van der Waals surface area contributed by atoms with E-state index in [4.69, 9.17) is 0 Å². The molecule has 2 heterocycles. The van der Waals surface area contributed by atoms with Gasteiger partial charge in [-0.15, -0.1) is 0 Å². The highest BCUT2D eigenvalue weighted by Gasteiger charge is 2.04. The van der Waals surface area contributed by atoms with Gasteiger partial charge in [0.1, 0.15) is 0 Å². The summed E-state index contributed by atoms with van der Waals surface area (Å²) in [7, 11) is 0. The number of rotatable bonds is 2. The molecule has 3 heteroatoms. The minimum atomic E-state index is 0.954. The van der Waals surface area contributed by atoms with Crippen molar-refractivity contribution < 1.29 is 0 Å². The summed E-state index contributed by atoms with van der Waals surface area (Å²) in [5.41, 5.74) is 3.08. The lowest BCUT2D eigenvalue weighted by Gasteiger charge is -2.03. The number of nitrogens with zero attached hydrogens (tertiary/aromatic N) is 3. The molecule has 0 saturated carbocycles. The third-order valence-corrected chi connectivity index (χ3v) is 2.08. The van der Waals surface area contributed by atoms with E-state index in [0.717, 1.165) is 16.9 Å². The minimum absolute atomic E-state index is 0.954. The molecule has 0 radical (unpaired) electrons. The van der Waals surface area contributed by atoms with Crippen molar-refractivity contribution in [2.24, 2.45) is 0 Å². The van der Waals surface area contributed by atoms with Crippen molar-refractivity contribution in [3.05, 3.63) is 48.6 Å². The second-order valence-electron chi connectivity index (χ2n) is 3.04. The van der Waals surface area contributed by atoms with Crippen molar-refractivity contribution in [2.45, 2.75) is 6.92 Å². The molecule has 14 heavy (non-hydrogen) atoms. The molecule has 0 spiro atoms. The molecule has 2 aromatic rings. The molecule has 0 aliphatic heterocycles. The molecule has 0 saturated heterocycles. The highest BCUT2D eigenvalue weighted by atomic mass is 15.3. The number of hydrogen-bond acceptors (Lipinski definition) is 2. The summed E-state index contributed by atoms with van der Waals surface area (Å²) < 4.78 is 1.83. The van der Waals surface area contributed by atoms with Gasteiger partial charge in [0.2, 0.25) is 0 Å². The van der Waals surface area contributed by atoms with Gasteiger partial charge in [-0.1, -0.05) is 6.58 Å². The first-order valence-corrected chi connectivity index (χ1v) is 4.40. The minimum Gasteiger partial charge on any atom is -0.262 e. The Morgan fingerprint density at radius 1 is 1.43 bits per heavy atom. The highest BCUT2D eigenvalue weighted by Crippen LogP contribution is 2.13. The van der Waals surface area contributed by atoms with Gasteiger partial charge in [0, 0.05) is 6.20 Å². The van der Waals surface area contributed by atoms with E-state index in [-0.39, 0.29) is 0 Å². The standard InChI is InChI=1S/C11H11N3/c1-3-11-9(2)7-13-14(11)10-5-4-6-12-8-10/h3-8H,1H2,2H3. The van der Waals surface area contributed by atoms with Crippen LogP contribution >= 0.6 is 0 Å². The zero-order valence-electron chi connectivity index (χ0n) is 8.01. The van der Waals surface area contributed by atoms with Gasteiger partial charge in [0.05, 0.1) is 23.8 Å². The maximum absolute atomic E-state index is 4.26. The zero-order chi connectivity index (χ0) is 9.97. The van der Waals surface area contributed by atoms with Crippen molar-refractivity contribution in [1.82, 2.24) is 14.8 Å². The van der Waals surface area contributed by atoms with E-state index in [0.29, 0.717) is 0 Å². The third kappa shape index (κ3) is 1.33. The van der Waals surface area contributed by atoms with Crippen LogP contribution in [0.5, 0.6) is 0 Å². The lowest BCUT2D eigenvalue weighted by molar-refractivity contribution is 0.864. The Labute approximate surface area is 82.7 Å². The summed E-state index contributed by atoms with van der Waals surface area (Å²) in [4.78, 5) is 4.05. The van der Waals surface area contributed by atoms with Crippen LogP contribution in [0.2, 0.25) is 0 Å². The van der Waals surface area contributed by atoms with E-state index in [1.807, 2.05) is 29.9 Å². The molecule has 0 N–H and O–H groups in total. The van der Waals surface area contributed by atoms with Crippen LogP contribution in [0.4, 0.5) is 0 Å².